The predicted molar refractivity (Wildman–Crippen MR) is 253 cm³/mol. The van der Waals surface area contributed by atoms with Gasteiger partial charge in [-0.25, -0.2) is 24.8 Å². The largest absolute Gasteiger partial charge is 0.372 e. The minimum absolute atomic E-state index is 0.346. The van der Waals surface area contributed by atoms with E-state index in [2.05, 4.69) is 0 Å². The van der Waals surface area contributed by atoms with Crippen LogP contribution in [0.4, 0.5) is 5.69 Å². The van der Waals surface area contributed by atoms with Crippen LogP contribution in [0.5, 0.6) is 0 Å². The molecule has 7 aromatic rings. The molecule has 0 radical (unpaired) electrons. The van der Waals surface area contributed by atoms with Gasteiger partial charge in [0.15, 0.2) is 0 Å². The maximum atomic E-state index is 16.4. The van der Waals surface area contributed by atoms with Crippen LogP contribution in [-0.2, 0) is 57.5 Å². The zero-order chi connectivity index (χ0) is 46.9. The summed E-state index contributed by atoms with van der Waals surface area (Å²) in [5.74, 6) is -8.13. The van der Waals surface area contributed by atoms with Crippen LogP contribution in [0.25, 0.3) is 43.6 Å². The molecule has 0 spiro atoms. The number of hydrogen-bond donors (Lipinski definition) is 0. The molecule has 5 aliphatic heterocycles. The van der Waals surface area contributed by atoms with Crippen molar-refractivity contribution in [2.45, 2.75) is 55.5 Å². The van der Waals surface area contributed by atoms with E-state index < -0.39 is 102 Å². The molecule has 2 amide bonds. The number of carbonyl (C=O) groups is 2. The number of ether oxygens (including phenoxy) is 6. The van der Waals surface area contributed by atoms with Crippen molar-refractivity contribution in [3.63, 3.8) is 0 Å². The molecule has 346 valence electrons. The molecule has 2 saturated carbocycles. The molecule has 17 heteroatoms. The molecule has 0 N–H and O–H groups in total. The number of amides is 2. The summed E-state index contributed by atoms with van der Waals surface area (Å²) >= 11 is 33.5. The van der Waals surface area contributed by atoms with E-state index >= 15 is 9.59 Å². The van der Waals surface area contributed by atoms with Gasteiger partial charge in [-0.1, -0.05) is 66.7 Å². The number of carbonyl (C=O) groups excluding carboxylic acids is 2. The van der Waals surface area contributed by atoms with Crippen LogP contribution < -0.4 is 4.90 Å². The van der Waals surface area contributed by atoms with E-state index in [0.29, 0.717) is 50.5 Å². The van der Waals surface area contributed by atoms with Gasteiger partial charge in [-0.3, -0.25) is 9.59 Å². The van der Waals surface area contributed by atoms with Gasteiger partial charge in [0.05, 0.1) is 74.9 Å². The van der Waals surface area contributed by atoms with E-state index in [1.165, 1.54) is 33.3 Å². The van der Waals surface area contributed by atoms with Crippen molar-refractivity contribution in [3.05, 3.63) is 126 Å². The van der Waals surface area contributed by atoms with Crippen molar-refractivity contribution < 1.29 is 38.0 Å². The molecule has 7 heterocycles. The average Bonchev–Trinajstić information content (AvgIpc) is 4.23. The molecule has 9 aliphatic rings. The summed E-state index contributed by atoms with van der Waals surface area (Å²) in [6.07, 6.45) is -4.57. The number of hydrogen-bond acceptors (Lipinski definition) is 12. The van der Waals surface area contributed by atoms with Crippen molar-refractivity contribution in [1.82, 2.24) is 19.9 Å². The summed E-state index contributed by atoms with van der Waals surface area (Å²) in [6, 6.07) is 32.6. The highest BCUT2D eigenvalue weighted by Gasteiger charge is 3.05. The van der Waals surface area contributed by atoms with Gasteiger partial charge in [0.2, 0.25) is 23.4 Å². The van der Waals surface area contributed by atoms with Crippen LogP contribution in [-0.4, -0.2) is 96.2 Å². The maximum absolute atomic E-state index is 16.4. The predicted octanol–water partition coefficient (Wildman–Crippen LogP) is 7.92. The Kier molecular flexibility index (Phi) is 7.23. The molecular formula is C52H37Cl4N5O8. The molecule has 16 rings (SSSR count). The summed E-state index contributed by atoms with van der Waals surface area (Å²) in [4.78, 5) is 48.4. The Labute approximate surface area is 412 Å². The maximum Gasteiger partial charge on any atom is 0.246 e. The fourth-order valence-corrected chi connectivity index (χ4v) is 19.5. The highest BCUT2D eigenvalue weighted by atomic mass is 35.5. The first-order valence-electron chi connectivity index (χ1n) is 23.0. The molecule has 4 aliphatic carbocycles. The lowest BCUT2D eigenvalue weighted by Gasteiger charge is -2.54. The van der Waals surface area contributed by atoms with Crippen molar-refractivity contribution in [1.29, 1.82) is 0 Å². The van der Waals surface area contributed by atoms with E-state index in [0.717, 1.165) is 21.5 Å². The quantitative estimate of drug-likeness (QED) is 0.0715. The number of methoxy groups -OCH3 is 4. The molecule has 5 saturated heterocycles. The van der Waals surface area contributed by atoms with Crippen molar-refractivity contribution in [2.75, 3.05) is 33.3 Å². The first-order valence-corrected chi connectivity index (χ1v) is 24.5. The number of para-hydroxylation sites is 1. The fourth-order valence-electron chi connectivity index (χ4n) is 16.7. The number of fused-ring (bicyclic) bond motifs is 28. The summed E-state index contributed by atoms with van der Waals surface area (Å²) < 4.78 is 40.9. The van der Waals surface area contributed by atoms with Gasteiger partial charge in [0.25, 0.3) is 0 Å². The Bertz CT molecular complexity index is 3230. The fraction of sp³-hybridized carbons (Fsp3) is 0.385. The number of alkyl halides is 4. The third-order valence-electron chi connectivity index (χ3n) is 18.6. The Hall–Kier alpha value is -4.64. The molecular weight excluding hydrogens is 964 g/mol. The second-order valence-corrected chi connectivity index (χ2v) is 22.6. The van der Waals surface area contributed by atoms with Crippen LogP contribution in [0.1, 0.15) is 22.8 Å². The van der Waals surface area contributed by atoms with Gasteiger partial charge < -0.3 is 28.4 Å². The second kappa shape index (κ2) is 12.2. The van der Waals surface area contributed by atoms with Crippen LogP contribution in [0.15, 0.2) is 103 Å². The molecule has 2 aromatic heterocycles. The first-order chi connectivity index (χ1) is 33.3. The lowest BCUT2D eigenvalue weighted by atomic mass is 9.42. The Morgan fingerprint density at radius 3 is 1.00 bits per heavy atom. The zero-order valence-electron chi connectivity index (χ0n) is 36.9. The number of nitrogens with zero attached hydrogens (tertiary/aromatic N) is 5. The lowest BCUT2D eigenvalue weighted by Crippen LogP contribution is -2.70. The van der Waals surface area contributed by atoms with Crippen molar-refractivity contribution >= 4 is 108 Å². The number of rotatable bonds is 5. The molecule has 8 bridgehead atoms. The molecule has 14 atom stereocenters. The van der Waals surface area contributed by atoms with Crippen LogP contribution in [0.3, 0.4) is 0 Å². The van der Waals surface area contributed by atoms with Crippen LogP contribution >= 0.6 is 46.4 Å². The average molecular weight is 1000 g/mol. The zero-order valence-corrected chi connectivity index (χ0v) is 40.0. The van der Waals surface area contributed by atoms with E-state index in [1.807, 2.05) is 78.9 Å². The third kappa shape index (κ3) is 3.57. The van der Waals surface area contributed by atoms with Crippen molar-refractivity contribution in [2.24, 2.45) is 34.5 Å². The molecule has 7 fully saturated rings. The number of aromatic nitrogens is 4. The lowest BCUT2D eigenvalue weighted by molar-refractivity contribution is -0.248. The van der Waals surface area contributed by atoms with E-state index in [4.69, 9.17) is 94.8 Å². The van der Waals surface area contributed by atoms with Gasteiger partial charge in [0.1, 0.15) is 30.3 Å². The monoisotopic (exact) mass is 999 g/mol. The van der Waals surface area contributed by atoms with E-state index in [1.54, 1.807) is 24.3 Å². The minimum Gasteiger partial charge on any atom is -0.372 e. The highest BCUT2D eigenvalue weighted by Crippen LogP contribution is 2.92. The van der Waals surface area contributed by atoms with Crippen molar-refractivity contribution in [3.8, 4) is 0 Å². The van der Waals surface area contributed by atoms with E-state index in [9.17, 15) is 0 Å². The Balaban J connectivity index is 0.975. The van der Waals surface area contributed by atoms with Crippen LogP contribution in [0, 0.1) is 34.5 Å². The normalized spacial score (nSPS) is 41.2. The third-order valence-corrected chi connectivity index (χ3v) is 21.3. The number of halogens is 4. The SMILES string of the molecule is COC1(OC)[C@@]2(Cl)c3nc4cc5ccccc5cc4nc3[C@]1(Cl)[C@H]1[C@@H]2[C@H]2O[C@@H]1C13C(=O)N(c4ccccc4)C(=O)C21[C@H]1O[C@@H]3[C@H]2[C@@H]1[C@@]1(Cl)c3nc4cc5ccccc5cc4nc3[C@]2(Cl)C1(OC)OC. The van der Waals surface area contributed by atoms with E-state index in [-0.39, 0.29) is 0 Å². The summed E-state index contributed by atoms with van der Waals surface area (Å²) in [6.45, 7) is 0. The van der Waals surface area contributed by atoms with Gasteiger partial charge in [-0.05, 0) is 57.9 Å². The first kappa shape index (κ1) is 41.0. The topological polar surface area (TPSA) is 144 Å². The van der Waals surface area contributed by atoms with Gasteiger partial charge in [-0.2, -0.15) is 0 Å². The number of anilines is 1. The minimum atomic E-state index is -1.82. The number of benzene rings is 5. The Morgan fingerprint density at radius 1 is 0.449 bits per heavy atom. The van der Waals surface area contributed by atoms with Gasteiger partial charge in [0, 0.05) is 52.1 Å². The number of imide groups is 1. The smallest absolute Gasteiger partial charge is 0.246 e. The molecule has 69 heavy (non-hydrogen) atoms. The molecule has 13 nitrogen and oxygen atoms in total. The Morgan fingerprint density at radius 2 is 0.725 bits per heavy atom. The van der Waals surface area contributed by atoms with Gasteiger partial charge >= 0.3 is 0 Å². The highest BCUT2D eigenvalue weighted by molar-refractivity contribution is 6.35. The summed E-state index contributed by atoms with van der Waals surface area (Å²) in [7, 11) is 5.98. The van der Waals surface area contributed by atoms with Crippen LogP contribution in [0.2, 0.25) is 0 Å². The summed E-state index contributed by atoms with van der Waals surface area (Å²) in [5.41, 5.74) is 0.543. The molecule has 2 unspecified atom stereocenters. The molecule has 5 aromatic carbocycles. The standard InChI is InChI=1S/C52H37Cl4N5O8/c1-64-51(65-2)47(53)31-32(48(51,54)36-35(47)57-27-18-22-12-8-9-13-23(22)19-28(27)58-36)40-46-42-34-33(41(69-42)45(46,39(31)68-40)43(62)61(44(46)63)26-16-6-5-7-17-26)49(55)37-38(50(34,56)52(49,66-3)67-4)60-30-21-25-15-11-10-14-24(25)20-29(30)59-37/h5-21,31-34,39-42H,1-4H3/t31-,32+,33+,34-,39-,40+,41+,42-,45?,46?,47+,48-,49-,50+. The summed E-state index contributed by atoms with van der Waals surface area (Å²) in [5, 5.41) is 3.83. The second-order valence-electron chi connectivity index (χ2n) is 20.2. The van der Waals surface area contributed by atoms with Gasteiger partial charge in [-0.15, -0.1) is 46.4 Å².